The maximum atomic E-state index is 12.6. The first kappa shape index (κ1) is 32.0. The second-order valence-electron chi connectivity index (χ2n) is 16.8. The Hall–Kier alpha value is -0.490. The fraction of sp³-hybridized carbons (Fsp3) is 0.970. The Kier molecular flexibility index (Phi) is 10.3. The second kappa shape index (κ2) is 12.2. The number of hydrogen-bond donors (Lipinski definition) is 0. The van der Waals surface area contributed by atoms with E-state index in [1.165, 1.54) is 58.4 Å². The van der Waals surface area contributed by atoms with Crippen molar-refractivity contribution in [3.8, 4) is 0 Å². The lowest BCUT2D eigenvalue weighted by Gasteiger charge is -2.51. The average molecular weight is 533 g/mol. The van der Waals surface area contributed by atoms with Crippen LogP contribution in [0, 0.1) is 28.6 Å². The summed E-state index contributed by atoms with van der Waals surface area (Å²) in [5.41, 5.74) is 0.626. The molecule has 2 unspecified atom stereocenters. The van der Waals surface area contributed by atoms with E-state index in [1.54, 1.807) is 0 Å². The van der Waals surface area contributed by atoms with Gasteiger partial charge in [0, 0.05) is 55.8 Å². The van der Waals surface area contributed by atoms with Gasteiger partial charge in [-0.3, -0.25) is 19.5 Å². The van der Waals surface area contributed by atoms with Crippen LogP contribution in [0.4, 0.5) is 0 Å². The number of rotatable bonds is 7. The molecule has 0 aliphatic carbocycles. The highest BCUT2D eigenvalue weighted by Crippen LogP contribution is 2.38. The molecule has 0 spiro atoms. The highest BCUT2D eigenvalue weighted by molar-refractivity contribution is 5.85. The van der Waals surface area contributed by atoms with Crippen molar-refractivity contribution in [2.24, 2.45) is 28.6 Å². The molecule has 0 N–H and O–H groups in total. The molecule has 3 rings (SSSR count). The number of carbonyl (C=O) groups is 1. The molecule has 0 bridgehead atoms. The van der Waals surface area contributed by atoms with Gasteiger partial charge in [-0.15, -0.1) is 0 Å². The van der Waals surface area contributed by atoms with Crippen molar-refractivity contribution in [1.29, 1.82) is 0 Å². The Bertz CT molecular complexity index is 755. The maximum absolute atomic E-state index is 12.6. The van der Waals surface area contributed by atoms with E-state index in [0.29, 0.717) is 17.7 Å². The van der Waals surface area contributed by atoms with Crippen LogP contribution in [-0.2, 0) is 4.79 Å². The summed E-state index contributed by atoms with van der Waals surface area (Å²) in [7, 11) is 0. The summed E-state index contributed by atoms with van der Waals surface area (Å²) in [5.74, 6) is 2.77. The van der Waals surface area contributed by atoms with Crippen LogP contribution >= 0.6 is 0 Å². The van der Waals surface area contributed by atoms with Gasteiger partial charge >= 0.3 is 0 Å². The van der Waals surface area contributed by atoms with Gasteiger partial charge in [0.2, 0.25) is 0 Å². The van der Waals surface area contributed by atoms with Gasteiger partial charge in [0.05, 0.1) is 6.54 Å². The van der Waals surface area contributed by atoms with Gasteiger partial charge in [0.1, 0.15) is 0 Å². The Balaban J connectivity index is 1.61. The second-order valence-corrected chi connectivity index (χ2v) is 16.8. The molecule has 0 aromatic carbocycles. The lowest BCUT2D eigenvalue weighted by atomic mass is 9.74. The van der Waals surface area contributed by atoms with Crippen molar-refractivity contribution in [3.63, 3.8) is 0 Å². The van der Waals surface area contributed by atoms with E-state index in [0.717, 1.165) is 43.9 Å². The van der Waals surface area contributed by atoms with Gasteiger partial charge in [-0.25, -0.2) is 0 Å². The molecule has 3 aliphatic heterocycles. The third kappa shape index (κ3) is 8.75. The van der Waals surface area contributed by atoms with Crippen molar-refractivity contribution in [3.05, 3.63) is 0 Å². The molecular weight excluding hydrogens is 468 g/mol. The quantitative estimate of drug-likeness (QED) is 0.408. The van der Waals surface area contributed by atoms with Crippen molar-refractivity contribution >= 4 is 5.78 Å². The smallest absolute Gasteiger partial charge is 0.152 e. The van der Waals surface area contributed by atoms with E-state index in [-0.39, 0.29) is 16.5 Å². The molecule has 38 heavy (non-hydrogen) atoms. The minimum atomic E-state index is -0.243. The summed E-state index contributed by atoms with van der Waals surface area (Å²) in [6.45, 7) is 36.7. The highest BCUT2D eigenvalue weighted by atomic mass is 16.1. The summed E-state index contributed by atoms with van der Waals surface area (Å²) >= 11 is 0. The summed E-state index contributed by atoms with van der Waals surface area (Å²) in [6, 6.07) is 0. The van der Waals surface area contributed by atoms with E-state index in [4.69, 9.17) is 0 Å². The number of Topliss-reactive ketones (excluding diaryl/α,β-unsaturated/α-hetero) is 1. The predicted molar refractivity (Wildman–Crippen MR) is 163 cm³/mol. The Labute approximate surface area is 237 Å². The van der Waals surface area contributed by atoms with Crippen LogP contribution in [0.25, 0.3) is 0 Å². The van der Waals surface area contributed by atoms with Crippen LogP contribution < -0.4 is 0 Å². The van der Waals surface area contributed by atoms with E-state index >= 15 is 0 Å². The van der Waals surface area contributed by atoms with Crippen molar-refractivity contribution < 1.29 is 4.79 Å². The number of likely N-dealkylation sites (tertiary alicyclic amines) is 2. The minimum Gasteiger partial charge on any atom is -0.303 e. The van der Waals surface area contributed by atoms with Crippen LogP contribution in [0.2, 0.25) is 0 Å². The third-order valence-electron chi connectivity index (χ3n) is 10.3. The summed E-state index contributed by atoms with van der Waals surface area (Å²) in [4.78, 5) is 23.3. The van der Waals surface area contributed by atoms with Gasteiger partial charge in [-0.05, 0) is 103 Å². The summed E-state index contributed by atoms with van der Waals surface area (Å²) in [6.07, 6.45) is 5.33. The third-order valence-corrected chi connectivity index (χ3v) is 10.3. The molecule has 3 saturated heterocycles. The van der Waals surface area contributed by atoms with E-state index in [9.17, 15) is 4.79 Å². The first-order valence-corrected chi connectivity index (χ1v) is 15.8. The molecule has 0 amide bonds. The minimum absolute atomic E-state index is 0.184. The maximum Gasteiger partial charge on any atom is 0.152 e. The standard InChI is InChI=1S/C33H64N4O/c1-30(2,3)28-13-15-34(16-14-28)23-26-12-17-37(32(7,8)9)24-27(26)22-33(10,11)36-20-18-35(19-21-36)25-29(38)31(4,5)6/h26-28H,12-25H2,1-11H3. The molecule has 5 heteroatoms. The molecule has 222 valence electrons. The topological polar surface area (TPSA) is 30.0 Å². The average Bonchev–Trinajstić information content (AvgIpc) is 2.79. The van der Waals surface area contributed by atoms with Crippen LogP contribution in [0.5, 0.6) is 0 Å². The molecule has 0 radical (unpaired) electrons. The molecule has 3 aliphatic rings. The Morgan fingerprint density at radius 2 is 1.24 bits per heavy atom. The molecule has 0 aromatic heterocycles. The summed E-state index contributed by atoms with van der Waals surface area (Å²) < 4.78 is 0. The number of nitrogens with zero attached hydrogens (tertiary/aromatic N) is 4. The van der Waals surface area contributed by atoms with E-state index in [1.807, 2.05) is 20.8 Å². The molecule has 3 heterocycles. The Morgan fingerprint density at radius 1 is 0.658 bits per heavy atom. The molecule has 3 fully saturated rings. The number of piperidine rings is 2. The number of piperazine rings is 1. The normalized spacial score (nSPS) is 27.1. The fourth-order valence-electron chi connectivity index (χ4n) is 7.20. The zero-order valence-corrected chi connectivity index (χ0v) is 27.3. The Morgan fingerprint density at radius 3 is 1.74 bits per heavy atom. The lowest BCUT2D eigenvalue weighted by Crippen LogP contribution is -2.58. The SMILES string of the molecule is CC(C)(C)C(=O)CN1CCN(C(C)(C)CC2CN(C(C)(C)C)CCC2CN2CCC(C(C)(C)C)CC2)CC1. The monoisotopic (exact) mass is 533 g/mol. The van der Waals surface area contributed by atoms with Gasteiger partial charge in [0.15, 0.2) is 5.78 Å². The van der Waals surface area contributed by atoms with Crippen LogP contribution in [0.3, 0.4) is 0 Å². The van der Waals surface area contributed by atoms with E-state index in [2.05, 4.69) is 75.0 Å². The lowest BCUT2D eigenvalue weighted by molar-refractivity contribution is -0.128. The molecule has 5 nitrogen and oxygen atoms in total. The molecule has 0 saturated carbocycles. The predicted octanol–water partition coefficient (Wildman–Crippen LogP) is 5.88. The van der Waals surface area contributed by atoms with E-state index < -0.39 is 0 Å². The molecular formula is C33H64N4O. The van der Waals surface area contributed by atoms with Gasteiger partial charge in [0.25, 0.3) is 0 Å². The molecule has 2 atom stereocenters. The number of ketones is 1. The summed E-state index contributed by atoms with van der Waals surface area (Å²) in [5, 5.41) is 0. The highest BCUT2D eigenvalue weighted by Gasteiger charge is 2.40. The molecule has 0 aromatic rings. The first-order valence-electron chi connectivity index (χ1n) is 15.8. The van der Waals surface area contributed by atoms with Crippen LogP contribution in [-0.4, -0.2) is 102 Å². The fourth-order valence-corrected chi connectivity index (χ4v) is 7.20. The van der Waals surface area contributed by atoms with Crippen LogP contribution in [0.15, 0.2) is 0 Å². The van der Waals surface area contributed by atoms with Gasteiger partial charge in [-0.1, -0.05) is 41.5 Å². The number of carbonyl (C=O) groups excluding carboxylic acids is 1. The van der Waals surface area contributed by atoms with Gasteiger partial charge in [-0.2, -0.15) is 0 Å². The van der Waals surface area contributed by atoms with Crippen molar-refractivity contribution in [1.82, 2.24) is 19.6 Å². The van der Waals surface area contributed by atoms with Crippen molar-refractivity contribution in [2.45, 2.75) is 113 Å². The van der Waals surface area contributed by atoms with Gasteiger partial charge < -0.3 is 4.90 Å². The first-order chi connectivity index (χ1) is 17.4. The van der Waals surface area contributed by atoms with Crippen LogP contribution in [0.1, 0.15) is 102 Å². The zero-order valence-electron chi connectivity index (χ0n) is 27.3. The largest absolute Gasteiger partial charge is 0.303 e. The number of hydrogen-bond acceptors (Lipinski definition) is 5. The van der Waals surface area contributed by atoms with Crippen molar-refractivity contribution in [2.75, 3.05) is 65.4 Å². The zero-order chi connectivity index (χ0) is 28.5.